The van der Waals surface area contributed by atoms with E-state index in [0.29, 0.717) is 10.8 Å². The Kier molecular flexibility index (Phi) is 9.90. The third kappa shape index (κ3) is 8.59. The average molecular weight is 510 g/mol. The monoisotopic (exact) mass is 509 g/mol. The quantitative estimate of drug-likeness (QED) is 0.287. The molecule has 8 heteroatoms. The molecule has 0 aliphatic heterocycles. The fraction of sp³-hybridized carbons (Fsp3) is 0.148. The molecule has 0 aromatic heterocycles. The van der Waals surface area contributed by atoms with Crippen LogP contribution < -0.4 is 15.5 Å². The molecule has 0 radical (unpaired) electrons. The van der Waals surface area contributed by atoms with Crippen molar-refractivity contribution >= 4 is 47.3 Å². The SMILES string of the molecule is C[C@H](Oc1ccc(Cl)cc1Cl)C(=O)N[C@@H](Cc1ccccc1)C(=O)N/N=C\C=C\c1ccccc1. The number of halogens is 2. The Balaban J connectivity index is 1.64. The van der Waals surface area contributed by atoms with Crippen LogP contribution >= 0.6 is 23.2 Å². The molecule has 2 amide bonds. The Morgan fingerprint density at radius 3 is 2.34 bits per heavy atom. The van der Waals surface area contributed by atoms with E-state index in [-0.39, 0.29) is 11.4 Å². The van der Waals surface area contributed by atoms with E-state index in [1.165, 1.54) is 12.3 Å². The molecule has 0 bridgehead atoms. The highest BCUT2D eigenvalue weighted by Crippen LogP contribution is 2.28. The van der Waals surface area contributed by atoms with E-state index in [2.05, 4.69) is 15.8 Å². The van der Waals surface area contributed by atoms with Gasteiger partial charge in [-0.15, -0.1) is 0 Å². The van der Waals surface area contributed by atoms with Gasteiger partial charge in [0.15, 0.2) is 6.10 Å². The second-order valence-electron chi connectivity index (χ2n) is 7.61. The first-order valence-corrected chi connectivity index (χ1v) is 11.7. The molecule has 3 rings (SSSR count). The normalized spacial score (nSPS) is 12.9. The lowest BCUT2D eigenvalue weighted by Gasteiger charge is -2.21. The number of carbonyl (C=O) groups is 2. The van der Waals surface area contributed by atoms with Crippen LogP contribution in [0.25, 0.3) is 6.08 Å². The largest absolute Gasteiger partial charge is 0.479 e. The number of allylic oxidation sites excluding steroid dienone is 1. The predicted octanol–water partition coefficient (Wildman–Crippen LogP) is 5.30. The first kappa shape index (κ1) is 26.0. The van der Waals surface area contributed by atoms with Gasteiger partial charge in [-0.05, 0) is 42.3 Å². The first-order valence-electron chi connectivity index (χ1n) is 10.9. The summed E-state index contributed by atoms with van der Waals surface area (Å²) in [7, 11) is 0. The summed E-state index contributed by atoms with van der Waals surface area (Å²) in [5, 5.41) is 7.45. The predicted molar refractivity (Wildman–Crippen MR) is 141 cm³/mol. The average Bonchev–Trinajstić information content (AvgIpc) is 2.86. The van der Waals surface area contributed by atoms with Crippen molar-refractivity contribution in [2.24, 2.45) is 5.10 Å². The number of nitrogens with one attached hydrogen (secondary N) is 2. The molecule has 0 aliphatic rings. The fourth-order valence-corrected chi connectivity index (χ4v) is 3.56. The van der Waals surface area contributed by atoms with Crippen molar-refractivity contribution in [2.75, 3.05) is 0 Å². The molecule has 35 heavy (non-hydrogen) atoms. The van der Waals surface area contributed by atoms with Gasteiger partial charge >= 0.3 is 0 Å². The van der Waals surface area contributed by atoms with Gasteiger partial charge in [-0.25, -0.2) is 5.43 Å². The molecule has 2 atom stereocenters. The zero-order valence-corrected chi connectivity index (χ0v) is 20.5. The van der Waals surface area contributed by atoms with Gasteiger partial charge in [-0.3, -0.25) is 9.59 Å². The van der Waals surface area contributed by atoms with Gasteiger partial charge in [0.2, 0.25) is 0 Å². The van der Waals surface area contributed by atoms with Crippen LogP contribution in [-0.4, -0.2) is 30.2 Å². The van der Waals surface area contributed by atoms with Crippen LogP contribution in [0.1, 0.15) is 18.1 Å². The lowest BCUT2D eigenvalue weighted by atomic mass is 10.1. The summed E-state index contributed by atoms with van der Waals surface area (Å²) >= 11 is 12.0. The Morgan fingerprint density at radius 1 is 0.971 bits per heavy atom. The molecule has 3 aromatic carbocycles. The lowest BCUT2D eigenvalue weighted by molar-refractivity contribution is -0.132. The highest BCUT2D eigenvalue weighted by molar-refractivity contribution is 6.35. The van der Waals surface area contributed by atoms with Gasteiger partial charge in [-0.2, -0.15) is 5.10 Å². The zero-order chi connectivity index (χ0) is 25.0. The standard InChI is InChI=1S/C27H25Cl2N3O3/c1-19(35-25-15-14-22(28)18-23(25)29)26(33)31-24(17-21-11-6-3-7-12-21)27(34)32-30-16-8-13-20-9-4-2-5-10-20/h2-16,18-19,24H,17H2,1H3,(H,31,33)(H,32,34)/b13-8+,30-16-/t19-,24-/m0/s1. The van der Waals surface area contributed by atoms with E-state index >= 15 is 0 Å². The van der Waals surface area contributed by atoms with Crippen LogP contribution in [0.2, 0.25) is 10.0 Å². The summed E-state index contributed by atoms with van der Waals surface area (Å²) in [5.74, 6) is -0.610. The van der Waals surface area contributed by atoms with Crippen LogP contribution in [0.5, 0.6) is 5.75 Å². The van der Waals surface area contributed by atoms with E-state index in [1.807, 2.05) is 66.7 Å². The van der Waals surface area contributed by atoms with Gasteiger partial charge in [0.1, 0.15) is 11.8 Å². The summed E-state index contributed by atoms with van der Waals surface area (Å²) < 4.78 is 5.67. The van der Waals surface area contributed by atoms with Gasteiger partial charge in [0.05, 0.1) is 5.02 Å². The number of nitrogens with zero attached hydrogens (tertiary/aromatic N) is 1. The number of hydrazone groups is 1. The molecule has 6 nitrogen and oxygen atoms in total. The van der Waals surface area contributed by atoms with Crippen molar-refractivity contribution < 1.29 is 14.3 Å². The molecule has 0 saturated carbocycles. The molecule has 0 spiro atoms. The number of hydrogen-bond acceptors (Lipinski definition) is 4. The fourth-order valence-electron chi connectivity index (χ4n) is 3.10. The third-order valence-electron chi connectivity index (χ3n) is 4.91. The Hall–Kier alpha value is -3.61. The molecular weight excluding hydrogens is 485 g/mol. The van der Waals surface area contributed by atoms with E-state index in [9.17, 15) is 9.59 Å². The van der Waals surface area contributed by atoms with Crippen molar-refractivity contribution in [3.63, 3.8) is 0 Å². The van der Waals surface area contributed by atoms with Crippen LogP contribution in [0.4, 0.5) is 0 Å². The molecule has 3 aromatic rings. The minimum atomic E-state index is -0.906. The van der Waals surface area contributed by atoms with Crippen molar-refractivity contribution in [2.45, 2.75) is 25.5 Å². The molecule has 0 aliphatic carbocycles. The van der Waals surface area contributed by atoms with Gasteiger partial charge < -0.3 is 10.1 Å². The molecule has 0 fully saturated rings. The van der Waals surface area contributed by atoms with Crippen molar-refractivity contribution in [1.29, 1.82) is 0 Å². The maximum absolute atomic E-state index is 12.8. The minimum Gasteiger partial charge on any atom is -0.479 e. The van der Waals surface area contributed by atoms with Crippen LogP contribution in [-0.2, 0) is 16.0 Å². The number of amides is 2. The maximum atomic E-state index is 12.8. The summed E-state index contributed by atoms with van der Waals surface area (Å²) in [4.78, 5) is 25.7. The van der Waals surface area contributed by atoms with E-state index in [1.54, 1.807) is 25.1 Å². The second-order valence-corrected chi connectivity index (χ2v) is 8.45. The number of hydrogen-bond donors (Lipinski definition) is 2. The van der Waals surface area contributed by atoms with Crippen LogP contribution in [0.3, 0.4) is 0 Å². The van der Waals surface area contributed by atoms with Crippen LogP contribution in [0.15, 0.2) is 90.0 Å². The van der Waals surface area contributed by atoms with Gasteiger partial charge in [-0.1, -0.05) is 89.9 Å². The third-order valence-corrected chi connectivity index (χ3v) is 5.44. The second kappa shape index (κ2) is 13.3. The van der Waals surface area contributed by atoms with E-state index < -0.39 is 24.0 Å². The number of benzene rings is 3. The van der Waals surface area contributed by atoms with E-state index in [4.69, 9.17) is 27.9 Å². The van der Waals surface area contributed by atoms with E-state index in [0.717, 1.165) is 11.1 Å². The molecule has 0 unspecified atom stereocenters. The maximum Gasteiger partial charge on any atom is 0.262 e. The van der Waals surface area contributed by atoms with Gasteiger partial charge in [0, 0.05) is 17.7 Å². The number of ether oxygens (including phenoxy) is 1. The summed E-state index contributed by atoms with van der Waals surface area (Å²) in [6.07, 6.45) is 4.42. The highest BCUT2D eigenvalue weighted by atomic mass is 35.5. The molecule has 0 heterocycles. The smallest absolute Gasteiger partial charge is 0.262 e. The lowest BCUT2D eigenvalue weighted by Crippen LogP contribution is -2.50. The topological polar surface area (TPSA) is 79.8 Å². The Labute approximate surface area is 214 Å². The molecular formula is C27H25Cl2N3O3. The molecule has 2 N–H and O–H groups in total. The highest BCUT2D eigenvalue weighted by Gasteiger charge is 2.25. The summed E-state index contributed by atoms with van der Waals surface area (Å²) in [5.41, 5.74) is 4.38. The van der Waals surface area contributed by atoms with Crippen molar-refractivity contribution in [1.82, 2.24) is 10.7 Å². The summed E-state index contributed by atoms with van der Waals surface area (Å²) in [6, 6.07) is 22.9. The number of carbonyl (C=O) groups excluding carboxylic acids is 2. The van der Waals surface area contributed by atoms with Crippen molar-refractivity contribution in [3.05, 3.63) is 106 Å². The molecule has 180 valence electrons. The Bertz CT molecular complexity index is 1180. The number of rotatable bonds is 10. The van der Waals surface area contributed by atoms with Gasteiger partial charge in [0.25, 0.3) is 11.8 Å². The summed E-state index contributed by atoms with van der Waals surface area (Å²) in [6.45, 7) is 1.57. The molecule has 0 saturated heterocycles. The first-order chi connectivity index (χ1) is 16.9. The Morgan fingerprint density at radius 2 is 1.66 bits per heavy atom. The minimum absolute atomic E-state index is 0.280. The zero-order valence-electron chi connectivity index (χ0n) is 19.0. The van der Waals surface area contributed by atoms with Crippen molar-refractivity contribution in [3.8, 4) is 5.75 Å². The van der Waals surface area contributed by atoms with Crippen LogP contribution in [0, 0.1) is 0 Å².